The fourth-order valence-corrected chi connectivity index (χ4v) is 1.07. The summed E-state index contributed by atoms with van der Waals surface area (Å²) in [5, 5.41) is 11.7. The van der Waals surface area contributed by atoms with Gasteiger partial charge in [0, 0.05) is 13.2 Å². The molecule has 0 unspecified atom stereocenters. The second kappa shape index (κ2) is 7.65. The molecular formula is C11H23NO3. The molecule has 90 valence electrons. The lowest BCUT2D eigenvalue weighted by Gasteiger charge is -2.19. The van der Waals surface area contributed by atoms with Gasteiger partial charge in [0.15, 0.2) is 0 Å². The summed E-state index contributed by atoms with van der Waals surface area (Å²) in [4.78, 5) is 11.2. The van der Waals surface area contributed by atoms with Crippen molar-refractivity contribution in [2.45, 2.75) is 45.6 Å². The molecule has 0 bridgehead atoms. The first kappa shape index (κ1) is 14.4. The lowest BCUT2D eigenvalue weighted by atomic mass is 10.2. The van der Waals surface area contributed by atoms with Gasteiger partial charge in [-0.05, 0) is 40.2 Å². The number of ether oxygens (including phenoxy) is 1. The van der Waals surface area contributed by atoms with Gasteiger partial charge in [-0.15, -0.1) is 0 Å². The van der Waals surface area contributed by atoms with Gasteiger partial charge in [-0.1, -0.05) is 0 Å². The maximum Gasteiger partial charge on any atom is 0.307 e. The number of carbonyl (C=O) groups excluding carboxylic acids is 1. The van der Waals surface area contributed by atoms with Gasteiger partial charge < -0.3 is 15.2 Å². The van der Waals surface area contributed by atoms with E-state index < -0.39 is 5.60 Å². The van der Waals surface area contributed by atoms with Gasteiger partial charge in [-0.3, -0.25) is 4.79 Å². The van der Waals surface area contributed by atoms with E-state index in [1.54, 1.807) is 0 Å². The second-order valence-corrected chi connectivity index (χ2v) is 4.52. The zero-order valence-electron chi connectivity index (χ0n) is 10.0. The number of rotatable bonds is 7. The maximum absolute atomic E-state index is 11.2. The van der Waals surface area contributed by atoms with Crippen LogP contribution in [-0.2, 0) is 9.53 Å². The molecule has 0 saturated heterocycles. The smallest absolute Gasteiger partial charge is 0.307 e. The lowest BCUT2D eigenvalue weighted by molar-refractivity contribution is -0.154. The number of aliphatic hydroxyl groups is 1. The fourth-order valence-electron chi connectivity index (χ4n) is 1.07. The van der Waals surface area contributed by atoms with Crippen molar-refractivity contribution in [2.75, 3.05) is 19.7 Å². The van der Waals surface area contributed by atoms with Gasteiger partial charge in [0.25, 0.3) is 0 Å². The third kappa shape index (κ3) is 11.3. The van der Waals surface area contributed by atoms with Crippen molar-refractivity contribution in [1.82, 2.24) is 5.32 Å². The molecule has 0 spiro atoms. The van der Waals surface area contributed by atoms with E-state index in [0.29, 0.717) is 13.0 Å². The molecule has 0 radical (unpaired) electrons. The van der Waals surface area contributed by atoms with E-state index in [1.165, 1.54) is 0 Å². The van der Waals surface area contributed by atoms with E-state index >= 15 is 0 Å². The summed E-state index contributed by atoms with van der Waals surface area (Å²) < 4.78 is 5.15. The summed E-state index contributed by atoms with van der Waals surface area (Å²) in [6.07, 6.45) is 2.14. The second-order valence-electron chi connectivity index (χ2n) is 4.52. The predicted molar refractivity (Wildman–Crippen MR) is 59.7 cm³/mol. The van der Waals surface area contributed by atoms with E-state index in [2.05, 4.69) is 5.32 Å². The molecule has 0 rings (SSSR count). The lowest BCUT2D eigenvalue weighted by Crippen LogP contribution is -2.27. The van der Waals surface area contributed by atoms with E-state index in [9.17, 15) is 4.79 Å². The molecule has 0 amide bonds. The molecule has 0 aliphatic carbocycles. The monoisotopic (exact) mass is 217 g/mol. The topological polar surface area (TPSA) is 58.6 Å². The zero-order valence-corrected chi connectivity index (χ0v) is 10.0. The average Bonchev–Trinajstić information content (AvgIpc) is 2.08. The first-order valence-corrected chi connectivity index (χ1v) is 5.49. The molecule has 0 aromatic heterocycles. The first-order valence-electron chi connectivity index (χ1n) is 5.49. The molecule has 0 aliphatic heterocycles. The highest BCUT2D eigenvalue weighted by Crippen LogP contribution is 2.07. The highest BCUT2D eigenvalue weighted by atomic mass is 16.6. The number of nitrogens with one attached hydrogen (secondary N) is 1. The van der Waals surface area contributed by atoms with Gasteiger partial charge in [0.05, 0.1) is 6.42 Å². The molecule has 0 aromatic rings. The summed E-state index contributed by atoms with van der Waals surface area (Å²) in [5.74, 6) is -0.169. The number of carbonyl (C=O) groups is 1. The van der Waals surface area contributed by atoms with Crippen molar-refractivity contribution in [1.29, 1.82) is 0 Å². The summed E-state index contributed by atoms with van der Waals surface area (Å²) in [7, 11) is 0. The first-order chi connectivity index (χ1) is 6.95. The molecule has 15 heavy (non-hydrogen) atoms. The molecule has 4 nitrogen and oxygen atoms in total. The van der Waals surface area contributed by atoms with Crippen molar-refractivity contribution in [3.8, 4) is 0 Å². The quantitative estimate of drug-likeness (QED) is 0.495. The third-order valence-corrected chi connectivity index (χ3v) is 1.69. The zero-order chi connectivity index (χ0) is 11.7. The van der Waals surface area contributed by atoms with Crippen LogP contribution in [0.5, 0.6) is 0 Å². The average molecular weight is 217 g/mol. The minimum atomic E-state index is -0.395. The molecule has 0 aromatic carbocycles. The molecule has 0 heterocycles. The van der Waals surface area contributed by atoms with E-state index in [-0.39, 0.29) is 12.6 Å². The van der Waals surface area contributed by atoms with Gasteiger partial charge in [0.2, 0.25) is 0 Å². The van der Waals surface area contributed by atoms with Crippen LogP contribution < -0.4 is 5.32 Å². The largest absolute Gasteiger partial charge is 0.460 e. The van der Waals surface area contributed by atoms with Crippen molar-refractivity contribution in [3.05, 3.63) is 0 Å². The Hall–Kier alpha value is -0.610. The third-order valence-electron chi connectivity index (χ3n) is 1.69. The van der Waals surface area contributed by atoms with Crippen LogP contribution in [0.3, 0.4) is 0 Å². The van der Waals surface area contributed by atoms with Gasteiger partial charge >= 0.3 is 5.97 Å². The summed E-state index contributed by atoms with van der Waals surface area (Å²) in [6.45, 7) is 7.29. The standard InChI is InChI=1S/C11H23NO3/c1-11(2,3)15-10(14)6-8-12-7-4-5-9-13/h12-13H,4-9H2,1-3H3. The van der Waals surface area contributed by atoms with Crippen LogP contribution in [0, 0.1) is 0 Å². The van der Waals surface area contributed by atoms with Crippen LogP contribution in [-0.4, -0.2) is 36.4 Å². The molecule has 0 saturated carbocycles. The van der Waals surface area contributed by atoms with Gasteiger partial charge in [0.1, 0.15) is 5.60 Å². The van der Waals surface area contributed by atoms with Crippen LogP contribution in [0.25, 0.3) is 0 Å². The van der Waals surface area contributed by atoms with Crippen LogP contribution in [0.4, 0.5) is 0 Å². The number of hydrogen-bond donors (Lipinski definition) is 2. The minimum Gasteiger partial charge on any atom is -0.460 e. The molecule has 2 N–H and O–H groups in total. The Bertz CT molecular complexity index is 175. The Morgan fingerprint density at radius 3 is 2.47 bits per heavy atom. The Morgan fingerprint density at radius 2 is 1.93 bits per heavy atom. The Morgan fingerprint density at radius 1 is 1.27 bits per heavy atom. The summed E-state index contributed by atoms with van der Waals surface area (Å²) >= 11 is 0. The molecule has 0 fully saturated rings. The van der Waals surface area contributed by atoms with Gasteiger partial charge in [-0.2, -0.15) is 0 Å². The number of aliphatic hydroxyl groups excluding tert-OH is 1. The molecule has 0 atom stereocenters. The van der Waals surface area contributed by atoms with Crippen molar-refractivity contribution in [2.24, 2.45) is 0 Å². The molecule has 0 aliphatic rings. The van der Waals surface area contributed by atoms with Crippen molar-refractivity contribution >= 4 is 5.97 Å². The van der Waals surface area contributed by atoms with Crippen molar-refractivity contribution < 1.29 is 14.6 Å². The van der Waals surface area contributed by atoms with Crippen LogP contribution in [0.1, 0.15) is 40.0 Å². The summed E-state index contributed by atoms with van der Waals surface area (Å²) in [5.41, 5.74) is -0.395. The number of hydrogen-bond acceptors (Lipinski definition) is 4. The van der Waals surface area contributed by atoms with Crippen LogP contribution in [0.15, 0.2) is 0 Å². The van der Waals surface area contributed by atoms with E-state index in [0.717, 1.165) is 19.4 Å². The highest BCUT2D eigenvalue weighted by Gasteiger charge is 2.15. The predicted octanol–water partition coefficient (Wildman–Crippen LogP) is 1.08. The van der Waals surface area contributed by atoms with Crippen LogP contribution in [0.2, 0.25) is 0 Å². The van der Waals surface area contributed by atoms with E-state index in [1.807, 2.05) is 20.8 Å². The maximum atomic E-state index is 11.2. The number of unbranched alkanes of at least 4 members (excludes halogenated alkanes) is 1. The Balaban J connectivity index is 3.32. The Labute approximate surface area is 92.0 Å². The molecular weight excluding hydrogens is 194 g/mol. The van der Waals surface area contributed by atoms with Crippen molar-refractivity contribution in [3.63, 3.8) is 0 Å². The minimum absolute atomic E-state index is 0.169. The fraction of sp³-hybridized carbons (Fsp3) is 0.909. The van der Waals surface area contributed by atoms with E-state index in [4.69, 9.17) is 9.84 Å². The Kier molecular flexibility index (Phi) is 7.34. The number of esters is 1. The van der Waals surface area contributed by atoms with Gasteiger partial charge in [-0.25, -0.2) is 0 Å². The van der Waals surface area contributed by atoms with Crippen LogP contribution >= 0.6 is 0 Å². The SMILES string of the molecule is CC(C)(C)OC(=O)CCNCCCCO. The normalized spacial score (nSPS) is 11.5. The molecule has 4 heteroatoms. The summed E-state index contributed by atoms with van der Waals surface area (Å²) in [6, 6.07) is 0. The highest BCUT2D eigenvalue weighted by molar-refractivity contribution is 5.70.